The molecule has 0 fully saturated rings. The molecular formula is C62H52ClF2N3O5. The van der Waals surface area contributed by atoms with Crippen LogP contribution in [-0.4, -0.2) is 49.0 Å². The van der Waals surface area contributed by atoms with Gasteiger partial charge in [0.25, 0.3) is 0 Å². The lowest BCUT2D eigenvalue weighted by molar-refractivity contribution is 0.358. The van der Waals surface area contributed by atoms with E-state index in [-0.39, 0.29) is 17.4 Å². The Hall–Kier alpha value is -8.08. The molecule has 0 saturated carbocycles. The van der Waals surface area contributed by atoms with Crippen LogP contribution in [0.2, 0.25) is 5.02 Å². The van der Waals surface area contributed by atoms with E-state index in [9.17, 15) is 8.78 Å². The van der Waals surface area contributed by atoms with Crippen molar-refractivity contribution in [2.75, 3.05) is 34.0 Å². The van der Waals surface area contributed by atoms with Crippen molar-refractivity contribution >= 4 is 11.6 Å². The highest BCUT2D eigenvalue weighted by molar-refractivity contribution is 6.30. The lowest BCUT2D eigenvalue weighted by atomic mass is 9.95. The molecule has 0 bridgehead atoms. The molecule has 0 amide bonds. The minimum absolute atomic E-state index is 0.208. The Morgan fingerprint density at radius 2 is 0.945 bits per heavy atom. The van der Waals surface area contributed by atoms with E-state index in [1.54, 1.807) is 31.8 Å². The quantitative estimate of drug-likeness (QED) is 0.127. The molecule has 0 N–H and O–H groups in total. The first-order valence-corrected chi connectivity index (χ1v) is 24.6. The van der Waals surface area contributed by atoms with E-state index in [0.717, 1.165) is 101 Å². The van der Waals surface area contributed by atoms with Crippen molar-refractivity contribution in [3.05, 3.63) is 237 Å². The Morgan fingerprint density at radius 3 is 1.41 bits per heavy atom. The third-order valence-electron chi connectivity index (χ3n) is 13.0. The van der Waals surface area contributed by atoms with Gasteiger partial charge in [0.2, 0.25) is 5.88 Å². The molecule has 11 heteroatoms. The standard InChI is InChI=1S/C21H16ClFO.C21H18FNO2.C20H18N2O2/c22-18-3-1-2-16(13-18)20-12-15(11-17-8-9-24-21(17)20)10-14-4-6-19(23)7-5-14;1-24-20-3-2-16(13-19(20)22)18-12-15(10-14-4-7-23-8-5-14)11-17-6-9-25-21(17)18;1-23-19-13-16(4-8-22-19)18-12-15(10-14-2-6-21-7-3-14)11-17-5-9-24-20(17)18/h1-7,11-13H,8-10H2;2-5,7-8,11-13H,6,9-10H2,1H3;2-4,6-8,11-13H,5,9-10H2,1H3. The van der Waals surface area contributed by atoms with Crippen LogP contribution in [0.15, 0.2) is 171 Å². The third-order valence-corrected chi connectivity index (χ3v) is 13.3. The predicted octanol–water partition coefficient (Wildman–Crippen LogP) is 13.8. The molecule has 0 aliphatic carbocycles. The van der Waals surface area contributed by atoms with Crippen molar-refractivity contribution in [2.45, 2.75) is 38.5 Å². The minimum atomic E-state index is -0.369. The Labute approximate surface area is 429 Å². The van der Waals surface area contributed by atoms with Gasteiger partial charge in [-0.05, 0) is 171 Å². The number of methoxy groups -OCH3 is 2. The summed E-state index contributed by atoms with van der Waals surface area (Å²) in [6.07, 6.45) is 14.2. The molecule has 6 heterocycles. The zero-order valence-corrected chi connectivity index (χ0v) is 41.3. The summed E-state index contributed by atoms with van der Waals surface area (Å²) < 4.78 is 55.1. The number of benzene rings is 6. The Morgan fingerprint density at radius 1 is 0.466 bits per heavy atom. The van der Waals surface area contributed by atoms with E-state index in [4.69, 9.17) is 35.3 Å². The van der Waals surface area contributed by atoms with Crippen molar-refractivity contribution in [3.63, 3.8) is 0 Å². The maximum absolute atomic E-state index is 14.2. The molecule has 0 atom stereocenters. The van der Waals surface area contributed by atoms with E-state index in [0.29, 0.717) is 24.1 Å². The van der Waals surface area contributed by atoms with E-state index < -0.39 is 0 Å². The van der Waals surface area contributed by atoms with E-state index in [2.05, 4.69) is 63.5 Å². The topological polar surface area (TPSA) is 84.8 Å². The van der Waals surface area contributed by atoms with Crippen LogP contribution in [0.5, 0.6) is 28.9 Å². The highest BCUT2D eigenvalue weighted by Gasteiger charge is 2.23. The van der Waals surface area contributed by atoms with Gasteiger partial charge in [0.1, 0.15) is 23.1 Å². The van der Waals surface area contributed by atoms with E-state index in [1.807, 2.05) is 79.1 Å². The van der Waals surface area contributed by atoms with E-state index >= 15 is 0 Å². The minimum Gasteiger partial charge on any atom is -0.494 e. The number of aromatic nitrogens is 3. The van der Waals surface area contributed by atoms with Crippen LogP contribution >= 0.6 is 11.6 Å². The number of fused-ring (bicyclic) bond motifs is 3. The first kappa shape index (κ1) is 48.5. The number of nitrogens with zero attached hydrogens (tertiary/aromatic N) is 3. The fraction of sp³-hybridized carbons (Fsp3) is 0.177. The highest BCUT2D eigenvalue weighted by Crippen LogP contribution is 2.42. The van der Waals surface area contributed by atoms with Gasteiger partial charge in [0.15, 0.2) is 11.6 Å². The summed E-state index contributed by atoms with van der Waals surface area (Å²) in [6.45, 7) is 2.12. The maximum Gasteiger partial charge on any atom is 0.213 e. The summed E-state index contributed by atoms with van der Waals surface area (Å²) >= 11 is 6.15. The second kappa shape index (κ2) is 22.6. The second-order valence-corrected chi connectivity index (χ2v) is 18.4. The predicted molar refractivity (Wildman–Crippen MR) is 282 cm³/mol. The zero-order valence-electron chi connectivity index (χ0n) is 40.5. The lowest BCUT2D eigenvalue weighted by Crippen LogP contribution is -1.94. The monoisotopic (exact) mass is 991 g/mol. The molecule has 0 saturated heterocycles. The molecule has 366 valence electrons. The summed E-state index contributed by atoms with van der Waals surface area (Å²) in [5.74, 6) is 3.09. The number of rotatable bonds is 11. The van der Waals surface area contributed by atoms with Gasteiger partial charge in [-0.25, -0.2) is 13.8 Å². The van der Waals surface area contributed by atoms with Gasteiger partial charge in [0, 0.05) is 78.0 Å². The maximum atomic E-state index is 14.2. The van der Waals surface area contributed by atoms with Gasteiger partial charge in [-0.3, -0.25) is 9.97 Å². The molecular weight excluding hydrogens is 940 g/mol. The molecule has 8 nitrogen and oxygen atoms in total. The lowest BCUT2D eigenvalue weighted by Gasteiger charge is -2.13. The smallest absolute Gasteiger partial charge is 0.213 e. The normalized spacial score (nSPS) is 12.6. The van der Waals surface area contributed by atoms with Crippen LogP contribution in [0.4, 0.5) is 8.78 Å². The van der Waals surface area contributed by atoms with Crippen molar-refractivity contribution in [1.29, 1.82) is 0 Å². The van der Waals surface area contributed by atoms with Crippen LogP contribution < -0.4 is 23.7 Å². The summed E-state index contributed by atoms with van der Waals surface area (Å²) in [6, 6.07) is 44.7. The molecule has 3 aliphatic rings. The van der Waals surface area contributed by atoms with Crippen LogP contribution in [0.25, 0.3) is 33.4 Å². The SMILES string of the molecule is COc1cc(-c2cc(Cc3ccncc3)cc3c2OCC3)ccn1.COc1ccc(-c2cc(Cc3ccncc3)cc3c2OCC3)cc1F.Fc1ccc(Cc2cc3c(c(-c4cccc(Cl)c4)c2)OCC3)cc1. The number of ether oxygens (including phenoxy) is 5. The number of pyridine rings is 3. The molecule has 9 aromatic rings. The van der Waals surface area contributed by atoms with Gasteiger partial charge >= 0.3 is 0 Å². The highest BCUT2D eigenvalue weighted by atomic mass is 35.5. The first-order chi connectivity index (χ1) is 35.8. The third kappa shape index (κ3) is 11.7. The van der Waals surface area contributed by atoms with Crippen molar-refractivity contribution in [3.8, 4) is 62.3 Å². The summed E-state index contributed by atoms with van der Waals surface area (Å²) in [7, 11) is 3.10. The zero-order chi connectivity index (χ0) is 50.1. The number of halogens is 3. The van der Waals surface area contributed by atoms with Gasteiger partial charge < -0.3 is 23.7 Å². The Balaban J connectivity index is 0.000000126. The molecule has 6 aromatic carbocycles. The van der Waals surface area contributed by atoms with Crippen LogP contribution in [0, 0.1) is 11.6 Å². The fourth-order valence-electron chi connectivity index (χ4n) is 9.56. The van der Waals surface area contributed by atoms with Gasteiger partial charge in [-0.1, -0.05) is 60.1 Å². The van der Waals surface area contributed by atoms with Crippen LogP contribution in [0.1, 0.15) is 50.1 Å². The summed E-state index contributed by atoms with van der Waals surface area (Å²) in [4.78, 5) is 12.3. The summed E-state index contributed by atoms with van der Waals surface area (Å²) in [5, 5.41) is 0.711. The molecule has 0 radical (unpaired) electrons. The van der Waals surface area contributed by atoms with Gasteiger partial charge in [-0.15, -0.1) is 0 Å². The van der Waals surface area contributed by atoms with Crippen LogP contribution in [0.3, 0.4) is 0 Å². The van der Waals surface area contributed by atoms with Gasteiger partial charge in [0.05, 0.1) is 34.0 Å². The van der Waals surface area contributed by atoms with Crippen molar-refractivity contribution < 1.29 is 32.5 Å². The Kier molecular flexibility index (Phi) is 15.0. The average molecular weight is 993 g/mol. The molecule has 3 aliphatic heterocycles. The van der Waals surface area contributed by atoms with Crippen molar-refractivity contribution in [2.24, 2.45) is 0 Å². The van der Waals surface area contributed by atoms with Gasteiger partial charge in [-0.2, -0.15) is 0 Å². The first-order valence-electron chi connectivity index (χ1n) is 24.2. The number of hydrogen-bond donors (Lipinski definition) is 0. The molecule has 0 unspecified atom stereocenters. The fourth-order valence-corrected chi connectivity index (χ4v) is 9.75. The average Bonchev–Trinajstić information content (AvgIpc) is 4.22. The summed E-state index contributed by atoms with van der Waals surface area (Å²) in [5.41, 5.74) is 16.9. The molecule has 0 spiro atoms. The Bertz CT molecular complexity index is 3380. The number of hydrogen-bond acceptors (Lipinski definition) is 8. The molecule has 73 heavy (non-hydrogen) atoms. The second-order valence-electron chi connectivity index (χ2n) is 18.0. The molecule has 3 aromatic heterocycles. The van der Waals surface area contributed by atoms with E-state index in [1.165, 1.54) is 69.8 Å². The largest absolute Gasteiger partial charge is 0.494 e. The van der Waals surface area contributed by atoms with Crippen molar-refractivity contribution in [1.82, 2.24) is 15.0 Å². The van der Waals surface area contributed by atoms with Crippen LogP contribution in [-0.2, 0) is 38.5 Å². The molecule has 12 rings (SSSR count).